The molecule has 0 heterocycles. The van der Waals surface area contributed by atoms with E-state index >= 15 is 0 Å². The molecule has 0 bridgehead atoms. The van der Waals surface area contributed by atoms with Gasteiger partial charge in [0.15, 0.2) is 0 Å². The second kappa shape index (κ2) is 8.97. The molecule has 6 heteroatoms. The van der Waals surface area contributed by atoms with E-state index < -0.39 is 0 Å². The summed E-state index contributed by atoms with van der Waals surface area (Å²) in [7, 11) is 0. The van der Waals surface area contributed by atoms with E-state index in [1.807, 2.05) is 20.8 Å². The van der Waals surface area contributed by atoms with Gasteiger partial charge in [-0.05, 0) is 64.7 Å². The molecule has 0 radical (unpaired) electrons. The molecule has 2 fully saturated rings. The molecular weight excluding hydrogens is 366 g/mol. The summed E-state index contributed by atoms with van der Waals surface area (Å²) < 4.78 is 0. The van der Waals surface area contributed by atoms with E-state index in [1.165, 1.54) is 0 Å². The highest BCUT2D eigenvalue weighted by molar-refractivity contribution is 6.01. The fourth-order valence-corrected chi connectivity index (χ4v) is 4.18. The first-order valence-corrected chi connectivity index (χ1v) is 10.8. The Kier molecular flexibility index (Phi) is 6.60. The number of carbonyl (C=O) groups excluding carboxylic acids is 3. The zero-order valence-corrected chi connectivity index (χ0v) is 17.8. The van der Waals surface area contributed by atoms with E-state index in [1.54, 1.807) is 18.2 Å². The van der Waals surface area contributed by atoms with Crippen molar-refractivity contribution in [2.75, 3.05) is 10.6 Å². The van der Waals surface area contributed by atoms with Crippen molar-refractivity contribution < 1.29 is 14.4 Å². The maximum atomic E-state index is 12.7. The molecule has 3 N–H and O–H groups in total. The Morgan fingerprint density at radius 2 is 1.17 bits per heavy atom. The molecule has 3 amide bonds. The minimum absolute atomic E-state index is 0.0102. The predicted molar refractivity (Wildman–Crippen MR) is 115 cm³/mol. The molecule has 1 aromatic rings. The average Bonchev–Trinajstić information content (AvgIpc) is 3.34. The van der Waals surface area contributed by atoms with Crippen molar-refractivity contribution in [2.45, 2.75) is 77.7 Å². The average molecular weight is 400 g/mol. The predicted octanol–water partition coefficient (Wildman–Crippen LogP) is 4.47. The summed E-state index contributed by atoms with van der Waals surface area (Å²) >= 11 is 0. The molecule has 0 aliphatic heterocycles. The van der Waals surface area contributed by atoms with Crippen molar-refractivity contribution in [1.29, 1.82) is 0 Å². The smallest absolute Gasteiger partial charge is 0.251 e. The van der Waals surface area contributed by atoms with Crippen LogP contribution >= 0.6 is 0 Å². The zero-order chi connectivity index (χ0) is 21.0. The van der Waals surface area contributed by atoms with Crippen LogP contribution in [0.3, 0.4) is 0 Å². The summed E-state index contributed by atoms with van der Waals surface area (Å²) in [5.41, 5.74) is 1.13. The molecule has 2 aliphatic rings. The van der Waals surface area contributed by atoms with Gasteiger partial charge < -0.3 is 16.0 Å². The highest BCUT2D eigenvalue weighted by Crippen LogP contribution is 2.29. The maximum absolute atomic E-state index is 12.7. The van der Waals surface area contributed by atoms with Crippen LogP contribution in [0.2, 0.25) is 0 Å². The zero-order valence-electron chi connectivity index (χ0n) is 17.8. The summed E-state index contributed by atoms with van der Waals surface area (Å²) in [4.78, 5) is 37.8. The first-order valence-electron chi connectivity index (χ1n) is 10.8. The van der Waals surface area contributed by atoms with Crippen molar-refractivity contribution in [2.24, 2.45) is 11.8 Å². The minimum atomic E-state index is -0.382. The van der Waals surface area contributed by atoms with Crippen molar-refractivity contribution in [1.82, 2.24) is 5.32 Å². The van der Waals surface area contributed by atoms with Gasteiger partial charge in [-0.3, -0.25) is 14.4 Å². The highest BCUT2D eigenvalue weighted by atomic mass is 16.2. The Bertz CT molecular complexity index is 722. The Morgan fingerprint density at radius 3 is 1.55 bits per heavy atom. The molecule has 6 nitrogen and oxygen atoms in total. The fourth-order valence-electron chi connectivity index (χ4n) is 4.18. The van der Waals surface area contributed by atoms with E-state index in [0.717, 1.165) is 51.4 Å². The molecular formula is C23H33N3O3. The Balaban J connectivity index is 1.81. The number of carbonyl (C=O) groups is 3. The van der Waals surface area contributed by atoms with E-state index in [2.05, 4.69) is 16.0 Å². The third-order valence-corrected chi connectivity index (χ3v) is 5.67. The molecule has 2 aliphatic carbocycles. The minimum Gasteiger partial charge on any atom is -0.347 e. The molecule has 3 rings (SSSR count). The number of hydrogen-bond acceptors (Lipinski definition) is 3. The second-order valence-corrected chi connectivity index (χ2v) is 9.44. The van der Waals surface area contributed by atoms with E-state index in [0.29, 0.717) is 16.9 Å². The molecule has 0 atom stereocenters. The number of rotatable bonds is 5. The Labute approximate surface area is 173 Å². The molecule has 0 aromatic heterocycles. The van der Waals surface area contributed by atoms with Gasteiger partial charge in [0.1, 0.15) is 0 Å². The van der Waals surface area contributed by atoms with E-state index in [-0.39, 0.29) is 35.1 Å². The molecule has 158 valence electrons. The summed E-state index contributed by atoms with van der Waals surface area (Å²) in [5.74, 6) is -0.198. The topological polar surface area (TPSA) is 87.3 Å². The third-order valence-electron chi connectivity index (χ3n) is 5.67. The lowest BCUT2D eigenvalue weighted by molar-refractivity contribution is -0.120. The van der Waals surface area contributed by atoms with Crippen LogP contribution in [0.1, 0.15) is 82.5 Å². The third kappa shape index (κ3) is 6.05. The summed E-state index contributed by atoms with van der Waals surface area (Å²) in [6, 6.07) is 5.10. The van der Waals surface area contributed by atoms with Gasteiger partial charge >= 0.3 is 0 Å². The molecule has 0 saturated heterocycles. The Hall–Kier alpha value is -2.37. The maximum Gasteiger partial charge on any atom is 0.251 e. The molecule has 1 aromatic carbocycles. The number of anilines is 2. The van der Waals surface area contributed by atoms with Gasteiger partial charge in [-0.1, -0.05) is 25.7 Å². The van der Waals surface area contributed by atoms with Gasteiger partial charge in [-0.15, -0.1) is 0 Å². The monoisotopic (exact) mass is 399 g/mol. The van der Waals surface area contributed by atoms with Crippen LogP contribution in [0.4, 0.5) is 11.4 Å². The van der Waals surface area contributed by atoms with Crippen LogP contribution in [-0.2, 0) is 9.59 Å². The van der Waals surface area contributed by atoms with Crippen LogP contribution in [0.15, 0.2) is 18.2 Å². The van der Waals surface area contributed by atoms with Gasteiger partial charge in [0.25, 0.3) is 5.91 Å². The lowest BCUT2D eigenvalue weighted by Crippen LogP contribution is -2.40. The van der Waals surface area contributed by atoms with Crippen LogP contribution < -0.4 is 16.0 Å². The number of amides is 3. The number of hydrogen-bond donors (Lipinski definition) is 3. The Morgan fingerprint density at radius 1 is 0.759 bits per heavy atom. The van der Waals surface area contributed by atoms with Crippen molar-refractivity contribution >= 4 is 29.1 Å². The standard InChI is InChI=1S/C23H33N3O3/c1-23(2,3)26-22(29)17-12-18(24-20(27)15-8-4-5-9-15)14-19(13-17)25-21(28)16-10-6-7-11-16/h12-16H,4-11H2,1-3H3,(H,24,27)(H,25,28)(H,26,29). The number of nitrogens with one attached hydrogen (secondary N) is 3. The van der Waals surface area contributed by atoms with Gasteiger partial charge in [0.05, 0.1) is 0 Å². The van der Waals surface area contributed by atoms with Gasteiger partial charge in [0, 0.05) is 34.3 Å². The first-order chi connectivity index (χ1) is 13.7. The summed E-state index contributed by atoms with van der Waals surface area (Å²) in [5, 5.41) is 8.85. The number of benzene rings is 1. The van der Waals surface area contributed by atoms with E-state index in [9.17, 15) is 14.4 Å². The molecule has 2 saturated carbocycles. The van der Waals surface area contributed by atoms with Crippen LogP contribution in [0.5, 0.6) is 0 Å². The molecule has 0 spiro atoms. The fraction of sp³-hybridized carbons (Fsp3) is 0.609. The van der Waals surface area contributed by atoms with Gasteiger partial charge in [0.2, 0.25) is 11.8 Å². The van der Waals surface area contributed by atoms with Gasteiger partial charge in [-0.25, -0.2) is 0 Å². The van der Waals surface area contributed by atoms with Crippen LogP contribution in [0.25, 0.3) is 0 Å². The second-order valence-electron chi connectivity index (χ2n) is 9.44. The quantitative estimate of drug-likeness (QED) is 0.682. The summed E-state index contributed by atoms with van der Waals surface area (Å²) in [6.45, 7) is 5.75. The van der Waals surface area contributed by atoms with Crippen molar-refractivity contribution in [3.63, 3.8) is 0 Å². The van der Waals surface area contributed by atoms with E-state index in [4.69, 9.17) is 0 Å². The SMILES string of the molecule is CC(C)(C)NC(=O)c1cc(NC(=O)C2CCCC2)cc(NC(=O)C2CCCC2)c1. The normalized spacial score (nSPS) is 17.9. The first kappa shape index (κ1) is 21.3. The largest absolute Gasteiger partial charge is 0.347 e. The lowest BCUT2D eigenvalue weighted by Gasteiger charge is -2.21. The molecule has 0 unspecified atom stereocenters. The van der Waals surface area contributed by atoms with Crippen LogP contribution in [0, 0.1) is 11.8 Å². The highest BCUT2D eigenvalue weighted by Gasteiger charge is 2.25. The lowest BCUT2D eigenvalue weighted by atomic mass is 10.0. The molecule has 29 heavy (non-hydrogen) atoms. The van der Waals surface area contributed by atoms with Crippen molar-refractivity contribution in [3.8, 4) is 0 Å². The van der Waals surface area contributed by atoms with Crippen LogP contribution in [-0.4, -0.2) is 23.3 Å². The van der Waals surface area contributed by atoms with Gasteiger partial charge in [-0.2, -0.15) is 0 Å². The summed E-state index contributed by atoms with van der Waals surface area (Å²) in [6.07, 6.45) is 7.93. The van der Waals surface area contributed by atoms with Crippen molar-refractivity contribution in [3.05, 3.63) is 23.8 Å².